The number of aryl methyl sites for hydroxylation is 1. The average molecular weight is 280 g/mol. The van der Waals surface area contributed by atoms with E-state index in [0.717, 1.165) is 18.7 Å². The van der Waals surface area contributed by atoms with Crippen molar-refractivity contribution < 1.29 is 4.52 Å². The van der Waals surface area contributed by atoms with Crippen LogP contribution in [0.4, 0.5) is 0 Å². The van der Waals surface area contributed by atoms with E-state index in [1.54, 1.807) is 0 Å². The predicted molar refractivity (Wildman–Crippen MR) is 54.9 cm³/mol. The molecule has 0 aliphatic heterocycles. The van der Waals surface area contributed by atoms with Crippen molar-refractivity contribution in [3.05, 3.63) is 9.72 Å². The molecule has 0 fully saturated rings. The molecular formula is C8H13IN2O. The van der Waals surface area contributed by atoms with Crippen molar-refractivity contribution in [1.29, 1.82) is 0 Å². The molecule has 0 aliphatic rings. The van der Waals surface area contributed by atoms with E-state index >= 15 is 0 Å². The van der Waals surface area contributed by atoms with E-state index in [1.165, 1.54) is 19.3 Å². The molecule has 0 saturated carbocycles. The molecule has 12 heavy (non-hydrogen) atoms. The molecule has 1 rings (SSSR count). The van der Waals surface area contributed by atoms with Gasteiger partial charge in [0.1, 0.15) is 0 Å². The molecule has 0 aromatic carbocycles. The van der Waals surface area contributed by atoms with Crippen LogP contribution in [-0.2, 0) is 6.42 Å². The lowest BCUT2D eigenvalue weighted by Gasteiger charge is -1.93. The average Bonchev–Trinajstić information content (AvgIpc) is 2.45. The standard InChI is InChI=1S/C8H13IN2O/c1-2-3-4-5-6-7-10-8(9)11-12-7/h2-6H2,1H3. The number of unbranched alkanes of at least 4 members (excludes halogenated alkanes) is 3. The number of nitrogens with zero attached hydrogens (tertiary/aromatic N) is 2. The predicted octanol–water partition coefficient (Wildman–Crippen LogP) is 2.80. The minimum absolute atomic E-state index is 0.707. The Kier molecular flexibility index (Phi) is 4.57. The molecule has 68 valence electrons. The van der Waals surface area contributed by atoms with Gasteiger partial charge in [0.05, 0.1) is 0 Å². The van der Waals surface area contributed by atoms with Crippen molar-refractivity contribution in [2.45, 2.75) is 39.0 Å². The van der Waals surface area contributed by atoms with Gasteiger partial charge in [-0.3, -0.25) is 0 Å². The van der Waals surface area contributed by atoms with Gasteiger partial charge in [-0.25, -0.2) is 0 Å². The summed E-state index contributed by atoms with van der Waals surface area (Å²) < 4.78 is 5.68. The molecule has 0 unspecified atom stereocenters. The zero-order valence-corrected chi connectivity index (χ0v) is 9.37. The second-order valence-corrected chi connectivity index (χ2v) is 3.73. The number of aromatic nitrogens is 2. The minimum atomic E-state index is 0.707. The first-order valence-corrected chi connectivity index (χ1v) is 5.39. The van der Waals surface area contributed by atoms with E-state index in [0.29, 0.717) is 3.83 Å². The van der Waals surface area contributed by atoms with Crippen molar-refractivity contribution in [3.63, 3.8) is 0 Å². The van der Waals surface area contributed by atoms with Gasteiger partial charge < -0.3 is 4.52 Å². The van der Waals surface area contributed by atoms with Gasteiger partial charge in [0.15, 0.2) is 0 Å². The molecule has 0 radical (unpaired) electrons. The highest BCUT2D eigenvalue weighted by Crippen LogP contribution is 2.06. The normalized spacial score (nSPS) is 10.5. The highest BCUT2D eigenvalue weighted by atomic mass is 127. The zero-order valence-electron chi connectivity index (χ0n) is 7.22. The van der Waals surface area contributed by atoms with Gasteiger partial charge in [0.2, 0.25) is 9.72 Å². The summed E-state index contributed by atoms with van der Waals surface area (Å²) in [6, 6.07) is 0. The van der Waals surface area contributed by atoms with Crippen molar-refractivity contribution in [1.82, 2.24) is 10.1 Å². The number of halogens is 1. The molecule has 0 bridgehead atoms. The lowest BCUT2D eigenvalue weighted by molar-refractivity contribution is 0.370. The fourth-order valence-electron chi connectivity index (χ4n) is 1.04. The smallest absolute Gasteiger partial charge is 0.232 e. The summed E-state index contributed by atoms with van der Waals surface area (Å²) in [6.07, 6.45) is 5.91. The maximum Gasteiger partial charge on any atom is 0.232 e. The largest absolute Gasteiger partial charge is 0.339 e. The van der Waals surface area contributed by atoms with E-state index in [9.17, 15) is 0 Å². The summed E-state index contributed by atoms with van der Waals surface area (Å²) in [5.41, 5.74) is 0. The summed E-state index contributed by atoms with van der Waals surface area (Å²) >= 11 is 2.05. The molecule has 1 aromatic heterocycles. The Hall–Kier alpha value is -0.130. The van der Waals surface area contributed by atoms with Gasteiger partial charge in [0.25, 0.3) is 0 Å². The van der Waals surface area contributed by atoms with Gasteiger partial charge in [0, 0.05) is 29.0 Å². The second kappa shape index (κ2) is 5.50. The topological polar surface area (TPSA) is 38.9 Å². The molecule has 0 amide bonds. The van der Waals surface area contributed by atoms with Gasteiger partial charge in [-0.1, -0.05) is 31.3 Å². The van der Waals surface area contributed by atoms with Crippen LogP contribution in [0.5, 0.6) is 0 Å². The lowest BCUT2D eigenvalue weighted by Crippen LogP contribution is -1.85. The van der Waals surface area contributed by atoms with E-state index in [-0.39, 0.29) is 0 Å². The Morgan fingerprint density at radius 2 is 2.17 bits per heavy atom. The van der Waals surface area contributed by atoms with Crippen molar-refractivity contribution in [2.75, 3.05) is 0 Å². The Labute approximate surface area is 86.1 Å². The van der Waals surface area contributed by atoms with Crippen molar-refractivity contribution in [3.8, 4) is 0 Å². The summed E-state index contributed by atoms with van der Waals surface area (Å²) in [5, 5.41) is 3.72. The number of hydrogen-bond donors (Lipinski definition) is 0. The highest BCUT2D eigenvalue weighted by Gasteiger charge is 2.01. The van der Waals surface area contributed by atoms with E-state index in [4.69, 9.17) is 4.52 Å². The Morgan fingerprint density at radius 3 is 2.75 bits per heavy atom. The monoisotopic (exact) mass is 280 g/mol. The van der Waals surface area contributed by atoms with Crippen LogP contribution < -0.4 is 0 Å². The van der Waals surface area contributed by atoms with Crippen LogP contribution in [0.2, 0.25) is 0 Å². The lowest BCUT2D eigenvalue weighted by atomic mass is 10.1. The molecule has 0 N–H and O–H groups in total. The maximum atomic E-state index is 4.98. The fourth-order valence-corrected chi connectivity index (χ4v) is 1.41. The van der Waals surface area contributed by atoms with Crippen LogP contribution in [0.3, 0.4) is 0 Å². The third-order valence-corrected chi connectivity index (χ3v) is 2.13. The van der Waals surface area contributed by atoms with Gasteiger partial charge in [-0.05, 0) is 6.42 Å². The van der Waals surface area contributed by atoms with E-state index < -0.39 is 0 Å². The summed E-state index contributed by atoms with van der Waals surface area (Å²) in [6.45, 7) is 2.20. The highest BCUT2D eigenvalue weighted by molar-refractivity contribution is 14.1. The SMILES string of the molecule is CCCCCCc1nc(I)no1. The van der Waals surface area contributed by atoms with Crippen molar-refractivity contribution in [2.24, 2.45) is 0 Å². The zero-order chi connectivity index (χ0) is 8.81. The Morgan fingerprint density at radius 1 is 1.33 bits per heavy atom. The van der Waals surface area contributed by atoms with Gasteiger partial charge in [-0.15, -0.1) is 0 Å². The third-order valence-electron chi connectivity index (χ3n) is 1.69. The minimum Gasteiger partial charge on any atom is -0.339 e. The van der Waals surface area contributed by atoms with E-state index in [1.807, 2.05) is 0 Å². The second-order valence-electron chi connectivity index (χ2n) is 2.77. The number of rotatable bonds is 5. The molecule has 0 atom stereocenters. The molecule has 0 saturated heterocycles. The molecule has 3 nitrogen and oxygen atoms in total. The first-order chi connectivity index (χ1) is 5.83. The molecule has 0 spiro atoms. The van der Waals surface area contributed by atoms with Gasteiger partial charge >= 0.3 is 0 Å². The quantitative estimate of drug-likeness (QED) is 0.615. The third kappa shape index (κ3) is 3.51. The van der Waals surface area contributed by atoms with Crippen LogP contribution >= 0.6 is 22.6 Å². The maximum absolute atomic E-state index is 4.98. The first-order valence-electron chi connectivity index (χ1n) is 4.31. The van der Waals surface area contributed by atoms with Crippen LogP contribution in [0.15, 0.2) is 4.52 Å². The molecule has 1 heterocycles. The fraction of sp³-hybridized carbons (Fsp3) is 0.750. The number of hydrogen-bond acceptors (Lipinski definition) is 3. The van der Waals surface area contributed by atoms with Crippen LogP contribution in [0, 0.1) is 3.83 Å². The first kappa shape index (κ1) is 9.95. The van der Waals surface area contributed by atoms with Crippen LogP contribution in [0.1, 0.15) is 38.5 Å². The van der Waals surface area contributed by atoms with Crippen LogP contribution in [0.25, 0.3) is 0 Å². The molecular weight excluding hydrogens is 267 g/mol. The summed E-state index contributed by atoms with van der Waals surface area (Å²) in [5.74, 6) is 0.774. The molecule has 4 heteroatoms. The Bertz CT molecular complexity index is 225. The van der Waals surface area contributed by atoms with Crippen molar-refractivity contribution >= 4 is 22.6 Å². The summed E-state index contributed by atoms with van der Waals surface area (Å²) in [7, 11) is 0. The Balaban J connectivity index is 2.15. The van der Waals surface area contributed by atoms with E-state index in [2.05, 4.69) is 39.7 Å². The van der Waals surface area contributed by atoms with Crippen LogP contribution in [-0.4, -0.2) is 10.1 Å². The molecule has 0 aliphatic carbocycles. The molecule has 1 aromatic rings. The summed E-state index contributed by atoms with van der Waals surface area (Å²) in [4.78, 5) is 4.12. The van der Waals surface area contributed by atoms with Gasteiger partial charge in [-0.2, -0.15) is 4.98 Å².